The molecule has 0 aromatic rings. The van der Waals surface area contributed by atoms with Crippen LogP contribution in [-0.2, 0) is 4.74 Å². The number of amidine groups is 1. The Bertz CT molecular complexity index is 227. The highest BCUT2D eigenvalue weighted by Gasteiger charge is 2.21. The molecular weight excluding hydrogens is 208 g/mol. The van der Waals surface area contributed by atoms with E-state index in [4.69, 9.17) is 4.74 Å². The number of hydrogen-bond donors (Lipinski definition) is 1. The molecular formula is C11H20N2OS. The third-order valence-electron chi connectivity index (χ3n) is 3.12. The Labute approximate surface area is 96.1 Å². The Balaban J connectivity index is 1.79. The van der Waals surface area contributed by atoms with Crippen LogP contribution in [0.4, 0.5) is 0 Å². The van der Waals surface area contributed by atoms with Gasteiger partial charge in [-0.25, -0.2) is 0 Å². The van der Waals surface area contributed by atoms with Gasteiger partial charge in [-0.15, -0.1) is 0 Å². The van der Waals surface area contributed by atoms with E-state index in [0.29, 0.717) is 6.04 Å². The number of aliphatic imine (C=N–C) groups is 1. The van der Waals surface area contributed by atoms with Crippen LogP contribution in [-0.4, -0.2) is 36.7 Å². The normalized spacial score (nSPS) is 25.8. The molecule has 0 aromatic carbocycles. The highest BCUT2D eigenvalue weighted by molar-refractivity contribution is 8.13. The van der Waals surface area contributed by atoms with Crippen LogP contribution in [0.2, 0.25) is 0 Å². The number of rotatable bonds is 2. The van der Waals surface area contributed by atoms with Gasteiger partial charge in [-0.05, 0) is 32.1 Å². The molecule has 4 heteroatoms. The zero-order chi connectivity index (χ0) is 10.5. The lowest BCUT2D eigenvalue weighted by atomic mass is 9.93. The number of nitrogens with one attached hydrogen (secondary N) is 1. The molecule has 15 heavy (non-hydrogen) atoms. The van der Waals surface area contributed by atoms with E-state index < -0.39 is 0 Å². The molecule has 2 rings (SSSR count). The van der Waals surface area contributed by atoms with Gasteiger partial charge < -0.3 is 10.1 Å². The van der Waals surface area contributed by atoms with E-state index in [9.17, 15) is 0 Å². The van der Waals surface area contributed by atoms with E-state index in [2.05, 4.69) is 17.2 Å². The van der Waals surface area contributed by atoms with E-state index in [1.54, 1.807) is 0 Å². The lowest BCUT2D eigenvalue weighted by Crippen LogP contribution is -2.40. The molecule has 0 aromatic heterocycles. The monoisotopic (exact) mass is 228 g/mol. The number of hydrogen-bond acceptors (Lipinski definition) is 4. The van der Waals surface area contributed by atoms with Crippen molar-refractivity contribution in [1.29, 1.82) is 0 Å². The zero-order valence-electron chi connectivity index (χ0n) is 9.37. The van der Waals surface area contributed by atoms with Gasteiger partial charge in [0.1, 0.15) is 0 Å². The predicted molar refractivity (Wildman–Crippen MR) is 65.5 cm³/mol. The Morgan fingerprint density at radius 1 is 1.47 bits per heavy atom. The Kier molecular flexibility index (Phi) is 4.32. The first kappa shape index (κ1) is 11.3. The summed E-state index contributed by atoms with van der Waals surface area (Å²) in [6.07, 6.45) is 3.60. The van der Waals surface area contributed by atoms with Crippen molar-refractivity contribution in [1.82, 2.24) is 5.32 Å². The lowest BCUT2D eigenvalue weighted by molar-refractivity contribution is 0.0583. The van der Waals surface area contributed by atoms with Crippen molar-refractivity contribution in [3.8, 4) is 0 Å². The van der Waals surface area contributed by atoms with Gasteiger partial charge in [0.25, 0.3) is 0 Å². The summed E-state index contributed by atoms with van der Waals surface area (Å²) in [6.45, 7) is 5.12. The molecule has 0 spiro atoms. The van der Waals surface area contributed by atoms with Crippen molar-refractivity contribution in [3.05, 3.63) is 0 Å². The first-order chi connectivity index (χ1) is 7.36. The standard InChI is InChI=1S/C11H20N2OS/c1-9(10-3-6-14-7-4-10)13-11-12-5-2-8-15-11/h9-10H,2-8H2,1H3,(H,12,13). The highest BCUT2D eigenvalue weighted by Crippen LogP contribution is 2.20. The molecule has 1 atom stereocenters. The fourth-order valence-electron chi connectivity index (χ4n) is 2.08. The quantitative estimate of drug-likeness (QED) is 0.783. The van der Waals surface area contributed by atoms with E-state index in [-0.39, 0.29) is 0 Å². The van der Waals surface area contributed by atoms with Crippen LogP contribution in [0.1, 0.15) is 26.2 Å². The molecule has 1 saturated heterocycles. The summed E-state index contributed by atoms with van der Waals surface area (Å²) < 4.78 is 5.38. The molecule has 2 aliphatic rings. The molecule has 0 radical (unpaired) electrons. The number of ether oxygens (including phenoxy) is 1. The maximum atomic E-state index is 5.38. The average molecular weight is 228 g/mol. The molecule has 0 saturated carbocycles. The summed E-state index contributed by atoms with van der Waals surface area (Å²) in [6, 6.07) is 0.540. The summed E-state index contributed by atoms with van der Waals surface area (Å²) in [5, 5.41) is 4.70. The van der Waals surface area contributed by atoms with Crippen molar-refractivity contribution in [3.63, 3.8) is 0 Å². The van der Waals surface area contributed by atoms with E-state index in [0.717, 1.165) is 30.8 Å². The van der Waals surface area contributed by atoms with Crippen LogP contribution >= 0.6 is 11.8 Å². The Morgan fingerprint density at radius 3 is 2.93 bits per heavy atom. The molecule has 0 aliphatic carbocycles. The van der Waals surface area contributed by atoms with Crippen molar-refractivity contribution < 1.29 is 4.74 Å². The van der Waals surface area contributed by atoms with Gasteiger partial charge >= 0.3 is 0 Å². The SMILES string of the molecule is CC(NC1=NCCCS1)C1CCOCC1. The van der Waals surface area contributed by atoms with E-state index in [1.807, 2.05) is 11.8 Å². The van der Waals surface area contributed by atoms with Crippen molar-refractivity contribution >= 4 is 16.9 Å². The van der Waals surface area contributed by atoms with Gasteiger partial charge in [-0.3, -0.25) is 4.99 Å². The highest BCUT2D eigenvalue weighted by atomic mass is 32.2. The smallest absolute Gasteiger partial charge is 0.156 e. The van der Waals surface area contributed by atoms with Crippen molar-refractivity contribution in [2.75, 3.05) is 25.5 Å². The molecule has 0 amide bonds. The minimum Gasteiger partial charge on any atom is -0.381 e. The first-order valence-electron chi connectivity index (χ1n) is 5.88. The predicted octanol–water partition coefficient (Wildman–Crippen LogP) is 1.88. The molecule has 1 unspecified atom stereocenters. The lowest BCUT2D eigenvalue weighted by Gasteiger charge is -2.29. The Morgan fingerprint density at radius 2 is 2.27 bits per heavy atom. The largest absolute Gasteiger partial charge is 0.381 e. The van der Waals surface area contributed by atoms with Gasteiger partial charge in [0.15, 0.2) is 5.17 Å². The number of thioether (sulfide) groups is 1. The van der Waals surface area contributed by atoms with Gasteiger partial charge in [0.2, 0.25) is 0 Å². The second kappa shape index (κ2) is 5.75. The van der Waals surface area contributed by atoms with Gasteiger partial charge in [-0.1, -0.05) is 11.8 Å². The van der Waals surface area contributed by atoms with Crippen LogP contribution < -0.4 is 5.32 Å². The summed E-state index contributed by atoms with van der Waals surface area (Å²) >= 11 is 1.86. The molecule has 1 N–H and O–H groups in total. The second-order valence-corrected chi connectivity index (χ2v) is 5.36. The summed E-state index contributed by atoms with van der Waals surface area (Å²) in [7, 11) is 0. The first-order valence-corrected chi connectivity index (χ1v) is 6.86. The topological polar surface area (TPSA) is 33.6 Å². The third-order valence-corrected chi connectivity index (χ3v) is 4.13. The molecule has 1 fully saturated rings. The van der Waals surface area contributed by atoms with Crippen LogP contribution in [0.5, 0.6) is 0 Å². The van der Waals surface area contributed by atoms with Crippen LogP contribution in [0.25, 0.3) is 0 Å². The fourth-order valence-corrected chi connectivity index (χ4v) is 2.99. The third kappa shape index (κ3) is 3.38. The molecule has 3 nitrogen and oxygen atoms in total. The summed E-state index contributed by atoms with van der Waals surface area (Å²) in [5.41, 5.74) is 0. The minimum absolute atomic E-state index is 0.540. The fraction of sp³-hybridized carbons (Fsp3) is 0.909. The van der Waals surface area contributed by atoms with Crippen LogP contribution in [0.15, 0.2) is 4.99 Å². The van der Waals surface area contributed by atoms with Gasteiger partial charge in [-0.2, -0.15) is 0 Å². The molecule has 2 heterocycles. The molecule has 2 aliphatic heterocycles. The van der Waals surface area contributed by atoms with Crippen molar-refractivity contribution in [2.24, 2.45) is 10.9 Å². The van der Waals surface area contributed by atoms with E-state index >= 15 is 0 Å². The Hall–Kier alpha value is -0.220. The van der Waals surface area contributed by atoms with Gasteiger partial charge in [0.05, 0.1) is 0 Å². The van der Waals surface area contributed by atoms with E-state index in [1.165, 1.54) is 25.0 Å². The number of nitrogens with zero attached hydrogens (tertiary/aromatic N) is 1. The molecule has 86 valence electrons. The summed E-state index contributed by atoms with van der Waals surface area (Å²) in [5.74, 6) is 1.97. The van der Waals surface area contributed by atoms with Crippen molar-refractivity contribution in [2.45, 2.75) is 32.2 Å². The second-order valence-electron chi connectivity index (χ2n) is 4.27. The van der Waals surface area contributed by atoms with Gasteiger partial charge in [0, 0.05) is 31.6 Å². The average Bonchev–Trinajstić information content (AvgIpc) is 2.31. The van der Waals surface area contributed by atoms with Crippen LogP contribution in [0, 0.1) is 5.92 Å². The minimum atomic E-state index is 0.540. The summed E-state index contributed by atoms with van der Waals surface area (Å²) in [4.78, 5) is 4.50. The maximum Gasteiger partial charge on any atom is 0.156 e. The zero-order valence-corrected chi connectivity index (χ0v) is 10.2. The van der Waals surface area contributed by atoms with Crippen LogP contribution in [0.3, 0.4) is 0 Å². The molecule has 0 bridgehead atoms. The maximum absolute atomic E-state index is 5.38.